The molecule has 0 fully saturated rings. The number of aromatic nitrogens is 2. The lowest BCUT2D eigenvalue weighted by molar-refractivity contribution is -0.274. The van der Waals surface area contributed by atoms with Gasteiger partial charge in [0.1, 0.15) is 5.75 Å². The average molecular weight is 460 g/mol. The van der Waals surface area contributed by atoms with E-state index in [2.05, 4.69) is 44.4 Å². The molecule has 0 spiro atoms. The summed E-state index contributed by atoms with van der Waals surface area (Å²) in [5.74, 6) is 0.0282. The second-order valence-corrected chi connectivity index (χ2v) is 8.50. The van der Waals surface area contributed by atoms with E-state index in [1.54, 1.807) is 24.5 Å². The van der Waals surface area contributed by atoms with Crippen molar-refractivity contribution in [2.45, 2.75) is 25.2 Å². The predicted molar refractivity (Wildman–Crippen MR) is 122 cm³/mol. The minimum absolute atomic E-state index is 0.0791. The topological polar surface area (TPSA) is 59.4 Å². The number of alkyl halides is 3. The van der Waals surface area contributed by atoms with Gasteiger partial charge in [-0.25, -0.2) is 0 Å². The number of nitrogens with one attached hydrogen (secondary N) is 1. The Labute approximate surface area is 193 Å². The summed E-state index contributed by atoms with van der Waals surface area (Å²) >= 11 is 0. The van der Waals surface area contributed by atoms with Gasteiger partial charge in [-0.1, -0.05) is 36.4 Å². The van der Waals surface area contributed by atoms with Crippen molar-refractivity contribution in [2.75, 3.05) is 0 Å². The SMILES string of the molecule is FC(F)(F)Oc1ccc(-c2ccc3c(c2)CCC2C3=NNC2c2ccc3nccnc3c2)cc1. The number of fused-ring (bicyclic) bond motifs is 4. The lowest BCUT2D eigenvalue weighted by atomic mass is 9.77. The maximum Gasteiger partial charge on any atom is 0.573 e. The Morgan fingerprint density at radius 1 is 0.853 bits per heavy atom. The van der Waals surface area contributed by atoms with E-state index >= 15 is 0 Å². The van der Waals surface area contributed by atoms with E-state index in [1.807, 2.05) is 12.1 Å². The fourth-order valence-corrected chi connectivity index (χ4v) is 4.90. The molecule has 1 aliphatic carbocycles. The van der Waals surface area contributed by atoms with Gasteiger partial charge in [-0.2, -0.15) is 5.10 Å². The van der Waals surface area contributed by atoms with Crippen molar-refractivity contribution in [1.29, 1.82) is 0 Å². The zero-order valence-electron chi connectivity index (χ0n) is 17.9. The third kappa shape index (κ3) is 3.75. The molecule has 0 amide bonds. The van der Waals surface area contributed by atoms with Crippen LogP contribution in [0.15, 0.2) is 78.2 Å². The normalized spacial score (nSPS) is 19.2. The van der Waals surface area contributed by atoms with E-state index in [9.17, 15) is 13.2 Å². The molecule has 8 heteroatoms. The van der Waals surface area contributed by atoms with Crippen molar-refractivity contribution in [1.82, 2.24) is 15.4 Å². The number of aryl methyl sites for hydroxylation is 1. The number of rotatable bonds is 3. The summed E-state index contributed by atoms with van der Waals surface area (Å²) in [6.07, 6.45) is 0.533. The Morgan fingerprint density at radius 2 is 1.62 bits per heavy atom. The second kappa shape index (κ2) is 7.83. The molecular weight excluding hydrogens is 441 g/mol. The van der Waals surface area contributed by atoms with E-state index in [0.29, 0.717) is 0 Å². The summed E-state index contributed by atoms with van der Waals surface area (Å²) in [7, 11) is 0. The molecule has 0 saturated carbocycles. The first-order valence-electron chi connectivity index (χ1n) is 11.0. The van der Waals surface area contributed by atoms with Crippen LogP contribution >= 0.6 is 0 Å². The molecule has 6 rings (SSSR count). The van der Waals surface area contributed by atoms with Crippen molar-refractivity contribution in [3.05, 3.63) is 89.7 Å². The molecule has 0 bridgehead atoms. The smallest absolute Gasteiger partial charge is 0.406 e. The van der Waals surface area contributed by atoms with Crippen LogP contribution in [0.1, 0.15) is 29.2 Å². The van der Waals surface area contributed by atoms with Crippen molar-refractivity contribution in [2.24, 2.45) is 11.0 Å². The minimum Gasteiger partial charge on any atom is -0.406 e. The van der Waals surface area contributed by atoms with E-state index in [-0.39, 0.29) is 17.7 Å². The van der Waals surface area contributed by atoms with Crippen LogP contribution in [-0.2, 0) is 6.42 Å². The largest absolute Gasteiger partial charge is 0.573 e. The van der Waals surface area contributed by atoms with Gasteiger partial charge >= 0.3 is 6.36 Å². The summed E-state index contributed by atoms with van der Waals surface area (Å²) in [5, 5.41) is 4.69. The van der Waals surface area contributed by atoms with E-state index in [4.69, 9.17) is 5.10 Å². The number of nitrogens with zero attached hydrogens (tertiary/aromatic N) is 3. The zero-order chi connectivity index (χ0) is 23.3. The molecule has 1 aromatic heterocycles. The van der Waals surface area contributed by atoms with Crippen LogP contribution in [0, 0.1) is 5.92 Å². The molecule has 2 aliphatic rings. The molecule has 1 N–H and O–H groups in total. The third-order valence-electron chi connectivity index (χ3n) is 6.46. The number of hydrogen-bond acceptors (Lipinski definition) is 5. The highest BCUT2D eigenvalue weighted by Gasteiger charge is 2.37. The molecule has 2 unspecified atom stereocenters. The molecule has 34 heavy (non-hydrogen) atoms. The summed E-state index contributed by atoms with van der Waals surface area (Å²) in [4.78, 5) is 8.77. The molecule has 1 aliphatic heterocycles. The quantitative estimate of drug-likeness (QED) is 0.419. The Bertz CT molecular complexity index is 1420. The predicted octanol–water partition coefficient (Wildman–Crippen LogP) is 5.81. The van der Waals surface area contributed by atoms with Crippen molar-refractivity contribution in [3.63, 3.8) is 0 Å². The first-order valence-corrected chi connectivity index (χ1v) is 11.0. The number of ether oxygens (including phenoxy) is 1. The summed E-state index contributed by atoms with van der Waals surface area (Å²) in [6.45, 7) is 0. The standard InChI is InChI=1S/C26H19F3N4O/c27-26(28,29)34-19-6-1-15(2-7-19)16-3-8-20-17(13-16)4-9-21-24(32-33-25(20)21)18-5-10-22-23(14-18)31-12-11-30-22/h1-3,5-8,10-14,21,24,32H,4,9H2. The molecule has 0 saturated heterocycles. The highest BCUT2D eigenvalue weighted by Crippen LogP contribution is 2.40. The van der Waals surface area contributed by atoms with E-state index in [1.165, 1.54) is 17.7 Å². The number of hydrogen-bond donors (Lipinski definition) is 1. The van der Waals surface area contributed by atoms with Crippen LogP contribution in [0.25, 0.3) is 22.2 Å². The summed E-state index contributed by atoms with van der Waals surface area (Å²) < 4.78 is 41.2. The monoisotopic (exact) mass is 460 g/mol. The van der Waals surface area contributed by atoms with Crippen LogP contribution in [0.4, 0.5) is 13.2 Å². The molecule has 4 aromatic rings. The molecule has 2 heterocycles. The number of hydrazone groups is 1. The Morgan fingerprint density at radius 3 is 2.41 bits per heavy atom. The molecule has 5 nitrogen and oxygen atoms in total. The Hall–Kier alpha value is -3.94. The molecule has 170 valence electrons. The van der Waals surface area contributed by atoms with Crippen LogP contribution in [0.5, 0.6) is 5.75 Å². The maximum atomic E-state index is 12.4. The third-order valence-corrected chi connectivity index (χ3v) is 6.46. The highest BCUT2D eigenvalue weighted by molar-refractivity contribution is 6.06. The molecule has 3 aromatic carbocycles. The average Bonchev–Trinajstić information content (AvgIpc) is 3.27. The van der Waals surface area contributed by atoms with E-state index < -0.39 is 6.36 Å². The first-order chi connectivity index (χ1) is 16.4. The number of benzene rings is 3. The van der Waals surface area contributed by atoms with E-state index in [0.717, 1.165) is 51.8 Å². The van der Waals surface area contributed by atoms with Gasteiger partial charge in [0.2, 0.25) is 0 Å². The summed E-state index contributed by atoms with van der Waals surface area (Å²) in [5.41, 5.74) is 11.3. The summed E-state index contributed by atoms with van der Waals surface area (Å²) in [6, 6.07) is 18.3. The molecule has 2 atom stereocenters. The van der Waals surface area contributed by atoms with Gasteiger partial charge in [-0.15, -0.1) is 13.2 Å². The van der Waals surface area contributed by atoms with Crippen LogP contribution < -0.4 is 10.2 Å². The minimum atomic E-state index is -4.70. The van der Waals surface area contributed by atoms with Gasteiger partial charge in [0.15, 0.2) is 0 Å². The van der Waals surface area contributed by atoms with Gasteiger partial charge in [-0.05, 0) is 59.4 Å². The highest BCUT2D eigenvalue weighted by atomic mass is 19.4. The van der Waals surface area contributed by atoms with Crippen molar-refractivity contribution in [3.8, 4) is 16.9 Å². The molecule has 0 radical (unpaired) electrons. The van der Waals surface area contributed by atoms with Crippen molar-refractivity contribution >= 4 is 16.7 Å². The van der Waals surface area contributed by atoms with Gasteiger partial charge in [0, 0.05) is 23.9 Å². The lowest BCUT2D eigenvalue weighted by Gasteiger charge is -2.27. The Balaban J connectivity index is 1.25. The van der Waals surface area contributed by atoms with Crippen LogP contribution in [-0.4, -0.2) is 22.0 Å². The zero-order valence-corrected chi connectivity index (χ0v) is 17.9. The van der Waals surface area contributed by atoms with Gasteiger partial charge < -0.3 is 10.2 Å². The Kier molecular flexibility index (Phi) is 4.76. The first kappa shape index (κ1) is 20.7. The van der Waals surface area contributed by atoms with Gasteiger partial charge in [-0.3, -0.25) is 9.97 Å². The van der Waals surface area contributed by atoms with Crippen LogP contribution in [0.2, 0.25) is 0 Å². The fourth-order valence-electron chi connectivity index (χ4n) is 4.90. The molecular formula is C26H19F3N4O. The lowest BCUT2D eigenvalue weighted by Crippen LogP contribution is -2.26. The number of halogens is 3. The van der Waals surface area contributed by atoms with Gasteiger partial charge in [0.25, 0.3) is 0 Å². The van der Waals surface area contributed by atoms with Crippen molar-refractivity contribution < 1.29 is 17.9 Å². The maximum absolute atomic E-state index is 12.4. The van der Waals surface area contributed by atoms with Crippen LogP contribution in [0.3, 0.4) is 0 Å². The fraction of sp³-hybridized carbons (Fsp3) is 0.192. The second-order valence-electron chi connectivity index (χ2n) is 8.50. The van der Waals surface area contributed by atoms with Gasteiger partial charge in [0.05, 0.1) is 22.8 Å².